The molecule has 23 heavy (non-hydrogen) atoms. The summed E-state index contributed by atoms with van der Waals surface area (Å²) in [5.41, 5.74) is 0. The first-order valence-electron chi connectivity index (χ1n) is 7.32. The first-order valence-corrected chi connectivity index (χ1v) is 7.32. The van der Waals surface area contributed by atoms with E-state index < -0.39 is 18.3 Å². The monoisotopic (exact) mass is 348 g/mol. The Morgan fingerprint density at radius 2 is 0.913 bits per heavy atom. The van der Waals surface area contributed by atoms with Gasteiger partial charge in [-0.25, -0.2) is 0 Å². The van der Waals surface area contributed by atoms with Gasteiger partial charge in [-0.3, -0.25) is 0 Å². The summed E-state index contributed by atoms with van der Waals surface area (Å²) in [5.74, 6) is 0. The normalized spacial score (nSPS) is 14.6. The van der Waals surface area contributed by atoms with Crippen LogP contribution in [0, 0.1) is 0 Å². The fourth-order valence-electron chi connectivity index (χ4n) is 0.356. The van der Waals surface area contributed by atoms with Gasteiger partial charge < -0.3 is 45.6 Å². The Morgan fingerprint density at radius 1 is 0.609 bits per heavy atom. The lowest BCUT2D eigenvalue weighted by molar-refractivity contribution is -0.0177. The summed E-state index contributed by atoms with van der Waals surface area (Å²) < 4.78 is 4.95. The summed E-state index contributed by atoms with van der Waals surface area (Å²) in [6, 6.07) is 0. The second-order valence-electron chi connectivity index (χ2n) is 4.69. The second kappa shape index (κ2) is 26.5. The quantitative estimate of drug-likeness (QED) is 0.247. The minimum absolute atomic E-state index is 0.00667. The highest BCUT2D eigenvalue weighted by Crippen LogP contribution is 1.90. The molecule has 0 saturated carbocycles. The summed E-state index contributed by atoms with van der Waals surface area (Å²) in [4.78, 5) is 0. The number of aliphatic hydroxyl groups excluding tert-OH is 8. The largest absolute Gasteiger partial charge is 0.394 e. The van der Waals surface area contributed by atoms with Crippen molar-refractivity contribution in [3.63, 3.8) is 0 Å². The van der Waals surface area contributed by atoms with E-state index in [1.54, 1.807) is 13.8 Å². The van der Waals surface area contributed by atoms with Gasteiger partial charge in [-0.15, -0.1) is 0 Å². The number of hydrogen-bond acceptors (Lipinski definition) is 9. The van der Waals surface area contributed by atoms with Crippen molar-refractivity contribution in [1.82, 2.24) is 0 Å². The highest BCUT2D eigenvalue weighted by atomic mass is 16.5. The lowest BCUT2D eigenvalue weighted by Gasteiger charge is -2.10. The molecule has 0 aliphatic carbocycles. The van der Waals surface area contributed by atoms with Crippen LogP contribution in [0.2, 0.25) is 0 Å². The Labute approximate surface area is 138 Å². The fraction of sp³-hybridized carbons (Fsp3) is 1.00. The molecule has 0 heterocycles. The average Bonchev–Trinajstić information content (AvgIpc) is 2.53. The molecule has 0 aromatic rings. The van der Waals surface area contributed by atoms with Gasteiger partial charge in [0.25, 0.3) is 0 Å². The zero-order valence-electron chi connectivity index (χ0n) is 14.5. The van der Waals surface area contributed by atoms with Crippen LogP contribution < -0.4 is 0 Å². The lowest BCUT2D eigenvalue weighted by atomic mass is 10.4. The van der Waals surface area contributed by atoms with Crippen molar-refractivity contribution >= 4 is 0 Å². The predicted molar refractivity (Wildman–Crippen MR) is 85.9 cm³/mol. The van der Waals surface area contributed by atoms with Crippen molar-refractivity contribution < 1.29 is 45.6 Å². The molecule has 0 aromatic heterocycles. The minimum atomic E-state index is -0.560. The van der Waals surface area contributed by atoms with E-state index in [1.165, 1.54) is 13.8 Å². The zero-order valence-corrected chi connectivity index (χ0v) is 14.5. The van der Waals surface area contributed by atoms with E-state index in [4.69, 9.17) is 45.6 Å². The van der Waals surface area contributed by atoms with Crippen LogP contribution in [0.15, 0.2) is 0 Å². The molecule has 0 radical (unpaired) electrons. The van der Waals surface area contributed by atoms with E-state index in [1.807, 2.05) is 0 Å². The van der Waals surface area contributed by atoms with E-state index in [2.05, 4.69) is 0 Å². The molecule has 4 unspecified atom stereocenters. The Bertz CT molecular complexity index is 168. The molecule has 0 aliphatic rings. The van der Waals surface area contributed by atoms with Crippen LogP contribution in [0.1, 0.15) is 27.7 Å². The van der Waals surface area contributed by atoms with Gasteiger partial charge in [0.05, 0.1) is 64.1 Å². The molecule has 146 valence electrons. The van der Waals surface area contributed by atoms with Crippen LogP contribution in [0.4, 0.5) is 0 Å². The molecule has 4 atom stereocenters. The molecule has 0 spiro atoms. The van der Waals surface area contributed by atoms with Crippen LogP contribution >= 0.6 is 0 Å². The van der Waals surface area contributed by atoms with Gasteiger partial charge in [0.2, 0.25) is 0 Å². The molecular formula is C14H36O9. The van der Waals surface area contributed by atoms with E-state index in [9.17, 15) is 0 Å². The number of ether oxygens (including phenoxy) is 1. The predicted octanol–water partition coefficient (Wildman–Crippen LogP) is -2.55. The summed E-state index contributed by atoms with van der Waals surface area (Å²) in [7, 11) is 0. The number of aliphatic hydroxyl groups is 8. The lowest BCUT2D eigenvalue weighted by Crippen LogP contribution is -2.19. The molecule has 0 aromatic carbocycles. The molecule has 0 bridgehead atoms. The molecule has 9 heteroatoms. The molecular weight excluding hydrogens is 312 g/mol. The molecule has 0 fully saturated rings. The fourth-order valence-corrected chi connectivity index (χ4v) is 0.356. The van der Waals surface area contributed by atoms with Crippen LogP contribution in [-0.4, -0.2) is 105 Å². The van der Waals surface area contributed by atoms with Crippen LogP contribution in [0.5, 0.6) is 0 Å². The van der Waals surface area contributed by atoms with Gasteiger partial charge in [-0.2, -0.15) is 0 Å². The van der Waals surface area contributed by atoms with Crippen LogP contribution in [0.3, 0.4) is 0 Å². The van der Waals surface area contributed by atoms with Crippen molar-refractivity contribution in [3.8, 4) is 0 Å². The molecule has 8 N–H and O–H groups in total. The Kier molecular flexibility index (Phi) is 35.2. The molecule has 9 nitrogen and oxygen atoms in total. The van der Waals surface area contributed by atoms with E-state index in [-0.39, 0.29) is 39.1 Å². The average molecular weight is 348 g/mol. The molecule has 0 aliphatic heterocycles. The van der Waals surface area contributed by atoms with Crippen molar-refractivity contribution in [3.05, 3.63) is 0 Å². The van der Waals surface area contributed by atoms with Crippen molar-refractivity contribution in [1.29, 1.82) is 0 Å². The standard InChI is InChI=1S/C6H14O3.2C3H8O2.C2H6O2/c1-5(8)4-9-6(2)3-7;2*1-3(5)2-4;3-1-2-4/h5-8H,3-4H2,1-2H3;2*3-5H,2H2,1H3;3-4H,1-2H2. The Hall–Kier alpha value is -0.360. The molecule has 0 rings (SSSR count). The summed E-state index contributed by atoms with van der Waals surface area (Å²) >= 11 is 0. The highest BCUT2D eigenvalue weighted by molar-refractivity contribution is 4.47. The van der Waals surface area contributed by atoms with E-state index in [0.717, 1.165) is 0 Å². The van der Waals surface area contributed by atoms with Gasteiger partial charge in [-0.1, -0.05) is 0 Å². The van der Waals surface area contributed by atoms with Gasteiger partial charge >= 0.3 is 0 Å². The first kappa shape index (κ1) is 30.5. The SMILES string of the molecule is CC(O)CO.CC(O)CO.CC(O)COC(C)CO.OCCO. The van der Waals surface area contributed by atoms with Crippen molar-refractivity contribution in [2.75, 3.05) is 39.6 Å². The minimum Gasteiger partial charge on any atom is -0.394 e. The number of rotatable bonds is 7. The first-order chi connectivity index (χ1) is 10.6. The van der Waals surface area contributed by atoms with E-state index in [0.29, 0.717) is 6.61 Å². The maximum absolute atomic E-state index is 8.69. The topological polar surface area (TPSA) is 171 Å². The van der Waals surface area contributed by atoms with E-state index >= 15 is 0 Å². The van der Waals surface area contributed by atoms with Crippen LogP contribution in [-0.2, 0) is 4.74 Å². The number of hydrogen-bond donors (Lipinski definition) is 8. The van der Waals surface area contributed by atoms with Crippen molar-refractivity contribution in [2.24, 2.45) is 0 Å². The Balaban J connectivity index is -0.000000112. The third kappa shape index (κ3) is 61.6. The third-order valence-electron chi connectivity index (χ3n) is 1.51. The van der Waals surface area contributed by atoms with Gasteiger partial charge in [-0.05, 0) is 27.7 Å². The van der Waals surface area contributed by atoms with Crippen LogP contribution in [0.25, 0.3) is 0 Å². The van der Waals surface area contributed by atoms with Gasteiger partial charge in [0.15, 0.2) is 0 Å². The second-order valence-corrected chi connectivity index (χ2v) is 4.69. The maximum atomic E-state index is 8.69. The molecule has 0 saturated heterocycles. The highest BCUT2D eigenvalue weighted by Gasteiger charge is 2.00. The zero-order chi connectivity index (χ0) is 19.3. The summed E-state index contributed by atoms with van der Waals surface area (Å²) in [5, 5.41) is 64.4. The molecule has 0 amide bonds. The maximum Gasteiger partial charge on any atom is 0.0779 e. The van der Waals surface area contributed by atoms with Gasteiger partial charge in [0.1, 0.15) is 0 Å². The smallest absolute Gasteiger partial charge is 0.0779 e. The van der Waals surface area contributed by atoms with Crippen molar-refractivity contribution in [2.45, 2.75) is 52.1 Å². The third-order valence-corrected chi connectivity index (χ3v) is 1.51. The van der Waals surface area contributed by atoms with Gasteiger partial charge in [0, 0.05) is 0 Å². The summed E-state index contributed by atoms with van der Waals surface area (Å²) in [6.07, 6.45) is -1.73. The Morgan fingerprint density at radius 3 is 1.04 bits per heavy atom. The summed E-state index contributed by atoms with van der Waals surface area (Å²) in [6.45, 7) is 6.22.